The zero-order valence-corrected chi connectivity index (χ0v) is 12.0. The maximum Gasteiger partial charge on any atom is 0.136 e. The Morgan fingerprint density at radius 3 is 2.83 bits per heavy atom. The normalized spacial score (nSPS) is 24.3. The summed E-state index contributed by atoms with van der Waals surface area (Å²) in [7, 11) is 0. The van der Waals surface area contributed by atoms with Crippen molar-refractivity contribution in [3.63, 3.8) is 0 Å². The molecule has 0 saturated heterocycles. The summed E-state index contributed by atoms with van der Waals surface area (Å²) in [5.74, 6) is 1.33. The van der Waals surface area contributed by atoms with Gasteiger partial charge in [-0.1, -0.05) is 37.1 Å². The van der Waals surface area contributed by atoms with Crippen molar-refractivity contribution in [3.8, 4) is 0 Å². The first-order chi connectivity index (χ1) is 8.60. The third-order valence-corrected chi connectivity index (χ3v) is 4.48. The second-order valence-electron chi connectivity index (χ2n) is 5.51. The molecular formula is C16H21ClO. The van der Waals surface area contributed by atoms with Crippen LogP contribution in [0.1, 0.15) is 43.7 Å². The fourth-order valence-corrected chi connectivity index (χ4v) is 3.17. The Hall–Kier alpha value is -0.820. The van der Waals surface area contributed by atoms with Crippen LogP contribution in [-0.4, -0.2) is 5.78 Å². The first kappa shape index (κ1) is 13.6. The lowest BCUT2D eigenvalue weighted by Gasteiger charge is -2.27. The Balaban J connectivity index is 2.09. The van der Waals surface area contributed by atoms with Crippen molar-refractivity contribution in [2.24, 2.45) is 11.8 Å². The van der Waals surface area contributed by atoms with Crippen LogP contribution in [0.5, 0.6) is 0 Å². The molecule has 1 aromatic rings. The Labute approximate surface area is 115 Å². The van der Waals surface area contributed by atoms with E-state index >= 15 is 0 Å². The van der Waals surface area contributed by atoms with Crippen molar-refractivity contribution in [1.29, 1.82) is 0 Å². The molecular weight excluding hydrogens is 244 g/mol. The van der Waals surface area contributed by atoms with E-state index in [0.29, 0.717) is 5.78 Å². The highest BCUT2D eigenvalue weighted by molar-refractivity contribution is 6.31. The Bertz CT molecular complexity index is 439. The molecule has 2 atom stereocenters. The lowest BCUT2D eigenvalue weighted by atomic mass is 9.77. The predicted molar refractivity (Wildman–Crippen MR) is 76.0 cm³/mol. The third-order valence-electron chi connectivity index (χ3n) is 4.12. The maximum absolute atomic E-state index is 12.0. The summed E-state index contributed by atoms with van der Waals surface area (Å²) >= 11 is 6.26. The van der Waals surface area contributed by atoms with Gasteiger partial charge in [-0.2, -0.15) is 0 Å². The van der Waals surface area contributed by atoms with Crippen LogP contribution in [0.25, 0.3) is 0 Å². The minimum atomic E-state index is 0.184. The van der Waals surface area contributed by atoms with Crippen LogP contribution in [-0.2, 0) is 11.2 Å². The Morgan fingerprint density at radius 2 is 2.17 bits per heavy atom. The number of carbonyl (C=O) groups excluding carboxylic acids is 1. The zero-order valence-electron chi connectivity index (χ0n) is 11.2. The van der Waals surface area contributed by atoms with Crippen molar-refractivity contribution < 1.29 is 4.79 Å². The number of benzene rings is 1. The molecule has 2 unspecified atom stereocenters. The van der Waals surface area contributed by atoms with Gasteiger partial charge in [0.1, 0.15) is 5.78 Å². The average molecular weight is 265 g/mol. The van der Waals surface area contributed by atoms with Crippen LogP contribution in [0, 0.1) is 18.8 Å². The smallest absolute Gasteiger partial charge is 0.136 e. The Morgan fingerprint density at radius 1 is 1.39 bits per heavy atom. The first-order valence-electron chi connectivity index (χ1n) is 6.88. The topological polar surface area (TPSA) is 17.1 Å². The number of rotatable bonds is 3. The van der Waals surface area contributed by atoms with Gasteiger partial charge < -0.3 is 0 Å². The van der Waals surface area contributed by atoms with Gasteiger partial charge in [-0.05, 0) is 49.3 Å². The molecule has 1 aliphatic carbocycles. The van der Waals surface area contributed by atoms with Gasteiger partial charge in [-0.3, -0.25) is 4.79 Å². The summed E-state index contributed by atoms with van der Waals surface area (Å²) in [5, 5.41) is 0.807. The highest BCUT2D eigenvalue weighted by Crippen LogP contribution is 2.32. The summed E-state index contributed by atoms with van der Waals surface area (Å²) in [6.07, 6.45) is 4.87. The van der Waals surface area contributed by atoms with E-state index in [1.54, 1.807) is 0 Å². The summed E-state index contributed by atoms with van der Waals surface area (Å²) in [6.45, 7) is 4.25. The summed E-state index contributed by atoms with van der Waals surface area (Å²) in [6, 6.07) is 6.13. The van der Waals surface area contributed by atoms with E-state index in [-0.39, 0.29) is 5.92 Å². The van der Waals surface area contributed by atoms with Gasteiger partial charge in [-0.25, -0.2) is 0 Å². The van der Waals surface area contributed by atoms with Gasteiger partial charge in [0.2, 0.25) is 0 Å². The number of hydrogen-bond donors (Lipinski definition) is 0. The van der Waals surface area contributed by atoms with E-state index in [2.05, 4.69) is 19.1 Å². The highest BCUT2D eigenvalue weighted by atomic mass is 35.5. The molecule has 2 rings (SSSR count). The average Bonchev–Trinajstić information content (AvgIpc) is 2.35. The molecule has 1 aromatic carbocycles. The summed E-state index contributed by atoms with van der Waals surface area (Å²) in [5.41, 5.74) is 2.29. The summed E-state index contributed by atoms with van der Waals surface area (Å²) in [4.78, 5) is 12.0. The molecule has 1 fully saturated rings. The molecule has 0 N–H and O–H groups in total. The molecule has 0 spiro atoms. The molecule has 0 heterocycles. The third kappa shape index (κ3) is 3.14. The number of aryl methyl sites for hydroxylation is 1. The van der Waals surface area contributed by atoms with Gasteiger partial charge in [0.15, 0.2) is 0 Å². The van der Waals surface area contributed by atoms with E-state index < -0.39 is 0 Å². The van der Waals surface area contributed by atoms with Gasteiger partial charge in [0, 0.05) is 17.4 Å². The van der Waals surface area contributed by atoms with E-state index in [0.717, 1.165) is 42.2 Å². The van der Waals surface area contributed by atoms with Gasteiger partial charge in [-0.15, -0.1) is 0 Å². The molecule has 98 valence electrons. The fraction of sp³-hybridized carbons (Fsp3) is 0.562. The number of ketones is 1. The van der Waals surface area contributed by atoms with Crippen molar-refractivity contribution in [2.45, 2.75) is 46.0 Å². The molecule has 0 bridgehead atoms. The van der Waals surface area contributed by atoms with Gasteiger partial charge in [0.25, 0.3) is 0 Å². The van der Waals surface area contributed by atoms with Gasteiger partial charge >= 0.3 is 0 Å². The fourth-order valence-electron chi connectivity index (χ4n) is 2.85. The SMILES string of the molecule is CCC1CCC(=O)C(Cc2ccc(C)cc2Cl)C1. The number of Topliss-reactive ketones (excluding diaryl/α,β-unsaturated/α-hetero) is 1. The monoisotopic (exact) mass is 264 g/mol. The van der Waals surface area contributed by atoms with Crippen LogP contribution in [0.15, 0.2) is 18.2 Å². The van der Waals surface area contributed by atoms with Crippen LogP contribution < -0.4 is 0 Å². The second kappa shape index (κ2) is 5.88. The van der Waals surface area contributed by atoms with Crippen LogP contribution >= 0.6 is 11.6 Å². The van der Waals surface area contributed by atoms with Crippen molar-refractivity contribution in [1.82, 2.24) is 0 Å². The van der Waals surface area contributed by atoms with Crippen LogP contribution in [0.3, 0.4) is 0 Å². The quantitative estimate of drug-likeness (QED) is 0.781. The van der Waals surface area contributed by atoms with E-state index in [1.807, 2.05) is 13.0 Å². The molecule has 2 heteroatoms. The number of hydrogen-bond acceptors (Lipinski definition) is 1. The zero-order chi connectivity index (χ0) is 13.1. The minimum Gasteiger partial charge on any atom is -0.299 e. The second-order valence-corrected chi connectivity index (χ2v) is 5.92. The molecule has 0 radical (unpaired) electrons. The Kier molecular flexibility index (Phi) is 4.45. The predicted octanol–water partition coefficient (Wildman–Crippen LogP) is 4.59. The number of carbonyl (C=O) groups is 1. The molecule has 0 aliphatic heterocycles. The molecule has 0 amide bonds. The van der Waals surface area contributed by atoms with Crippen LogP contribution in [0.2, 0.25) is 5.02 Å². The van der Waals surface area contributed by atoms with Crippen molar-refractivity contribution >= 4 is 17.4 Å². The molecule has 1 saturated carbocycles. The lowest BCUT2D eigenvalue weighted by molar-refractivity contribution is -0.125. The molecule has 18 heavy (non-hydrogen) atoms. The molecule has 1 nitrogen and oxygen atoms in total. The minimum absolute atomic E-state index is 0.184. The number of halogens is 1. The molecule has 1 aliphatic rings. The van der Waals surface area contributed by atoms with E-state index in [9.17, 15) is 4.79 Å². The van der Waals surface area contributed by atoms with Crippen LogP contribution in [0.4, 0.5) is 0 Å². The van der Waals surface area contributed by atoms with Gasteiger partial charge in [0.05, 0.1) is 0 Å². The van der Waals surface area contributed by atoms with Crippen molar-refractivity contribution in [2.75, 3.05) is 0 Å². The largest absolute Gasteiger partial charge is 0.299 e. The maximum atomic E-state index is 12.0. The standard InChI is InChI=1S/C16H21ClO/c1-3-12-5-7-16(18)14(9-12)10-13-6-4-11(2)8-15(13)17/h4,6,8,12,14H,3,5,7,9-10H2,1-2H3. The van der Waals surface area contributed by atoms with Crippen molar-refractivity contribution in [3.05, 3.63) is 34.3 Å². The first-order valence-corrected chi connectivity index (χ1v) is 7.25. The van der Waals surface area contributed by atoms with E-state index in [1.165, 1.54) is 12.0 Å². The summed E-state index contributed by atoms with van der Waals surface area (Å²) < 4.78 is 0. The highest BCUT2D eigenvalue weighted by Gasteiger charge is 2.28. The molecule has 0 aromatic heterocycles. The lowest BCUT2D eigenvalue weighted by Crippen LogP contribution is -2.26. The van der Waals surface area contributed by atoms with E-state index in [4.69, 9.17) is 11.6 Å².